The van der Waals surface area contributed by atoms with Gasteiger partial charge in [-0.3, -0.25) is 0 Å². The van der Waals surface area contributed by atoms with Crippen molar-refractivity contribution < 1.29 is 0 Å². The summed E-state index contributed by atoms with van der Waals surface area (Å²) < 4.78 is 0. The van der Waals surface area contributed by atoms with Gasteiger partial charge in [-0.05, 0) is 36.6 Å². The van der Waals surface area contributed by atoms with E-state index in [1.807, 2.05) is 0 Å². The van der Waals surface area contributed by atoms with E-state index in [4.69, 9.17) is 0 Å². The highest BCUT2D eigenvalue weighted by Gasteiger charge is 2.63. The zero-order chi connectivity index (χ0) is 10.3. The van der Waals surface area contributed by atoms with Crippen LogP contribution in [0, 0.1) is 16.7 Å². The summed E-state index contributed by atoms with van der Waals surface area (Å²) in [5, 5.41) is 3.61. The van der Waals surface area contributed by atoms with Crippen LogP contribution < -0.4 is 5.32 Å². The predicted octanol–water partition coefficient (Wildman–Crippen LogP) is 3.06. The molecule has 0 radical (unpaired) electrons. The minimum atomic E-state index is 0.535. The first-order valence-electron chi connectivity index (χ1n) is 5.57. The summed E-state index contributed by atoms with van der Waals surface area (Å²) in [6.07, 6.45) is 1.23. The second-order valence-corrected chi connectivity index (χ2v) is 5.71. The zero-order valence-corrected chi connectivity index (χ0v) is 10.1. The van der Waals surface area contributed by atoms with Crippen molar-refractivity contribution in [1.82, 2.24) is 5.32 Å². The van der Waals surface area contributed by atoms with Gasteiger partial charge in [0, 0.05) is 6.04 Å². The molecule has 0 bridgehead atoms. The Bertz CT molecular complexity index is 168. The van der Waals surface area contributed by atoms with Crippen molar-refractivity contribution in [1.29, 1.82) is 0 Å². The molecular weight excluding hydrogens is 158 g/mol. The van der Waals surface area contributed by atoms with E-state index in [1.165, 1.54) is 13.0 Å². The molecule has 0 amide bonds. The molecule has 1 atom stereocenters. The quantitative estimate of drug-likeness (QED) is 0.706. The van der Waals surface area contributed by atoms with E-state index in [-0.39, 0.29) is 0 Å². The number of nitrogens with one attached hydrogen (secondary N) is 1. The van der Waals surface area contributed by atoms with E-state index in [1.54, 1.807) is 0 Å². The lowest BCUT2D eigenvalue weighted by atomic mass is 10.0. The highest BCUT2D eigenvalue weighted by atomic mass is 14.9. The summed E-state index contributed by atoms with van der Waals surface area (Å²) in [6, 6.07) is 0.673. The molecule has 1 aliphatic carbocycles. The predicted molar refractivity (Wildman–Crippen MR) is 58.8 cm³/mol. The van der Waals surface area contributed by atoms with Crippen LogP contribution in [0.25, 0.3) is 0 Å². The Labute approximate surface area is 83.3 Å². The first-order valence-corrected chi connectivity index (χ1v) is 5.57. The van der Waals surface area contributed by atoms with Crippen molar-refractivity contribution in [3.63, 3.8) is 0 Å². The third-order valence-electron chi connectivity index (χ3n) is 4.60. The van der Waals surface area contributed by atoms with Gasteiger partial charge >= 0.3 is 0 Å². The van der Waals surface area contributed by atoms with Crippen LogP contribution in [0.2, 0.25) is 0 Å². The molecule has 1 N–H and O–H groups in total. The first kappa shape index (κ1) is 11.0. The van der Waals surface area contributed by atoms with Crippen molar-refractivity contribution in [3.05, 3.63) is 0 Å². The van der Waals surface area contributed by atoms with Gasteiger partial charge in [-0.15, -0.1) is 0 Å². The van der Waals surface area contributed by atoms with Crippen LogP contribution in [-0.4, -0.2) is 12.6 Å². The van der Waals surface area contributed by atoms with Crippen LogP contribution in [0.1, 0.15) is 48.0 Å². The fraction of sp³-hybridized carbons (Fsp3) is 1.00. The maximum Gasteiger partial charge on any atom is 0.00362 e. The summed E-state index contributed by atoms with van der Waals surface area (Å²) >= 11 is 0. The summed E-state index contributed by atoms with van der Waals surface area (Å²) in [7, 11) is 0. The Morgan fingerprint density at radius 1 is 1.15 bits per heavy atom. The maximum atomic E-state index is 3.61. The van der Waals surface area contributed by atoms with Crippen LogP contribution in [0.5, 0.6) is 0 Å². The van der Waals surface area contributed by atoms with Gasteiger partial charge in [-0.25, -0.2) is 0 Å². The molecule has 0 aromatic rings. The Morgan fingerprint density at radius 2 is 1.62 bits per heavy atom. The van der Waals surface area contributed by atoms with Crippen LogP contribution in [-0.2, 0) is 0 Å². The number of rotatable bonds is 4. The molecule has 0 saturated heterocycles. The third-order valence-corrected chi connectivity index (χ3v) is 4.60. The van der Waals surface area contributed by atoms with E-state index in [9.17, 15) is 0 Å². The lowest BCUT2D eigenvalue weighted by Gasteiger charge is -2.11. The van der Waals surface area contributed by atoms with E-state index in [0.29, 0.717) is 16.9 Å². The molecule has 0 aromatic carbocycles. The van der Waals surface area contributed by atoms with Crippen molar-refractivity contribution in [2.75, 3.05) is 6.54 Å². The van der Waals surface area contributed by atoms with Crippen molar-refractivity contribution >= 4 is 0 Å². The molecule has 1 aliphatic rings. The number of hydrogen-bond acceptors (Lipinski definition) is 1. The van der Waals surface area contributed by atoms with Gasteiger partial charge in [-0.2, -0.15) is 0 Å². The average Bonchev–Trinajstić information content (AvgIpc) is 2.40. The molecule has 13 heavy (non-hydrogen) atoms. The summed E-state index contributed by atoms with van der Waals surface area (Å²) in [4.78, 5) is 0. The smallest absolute Gasteiger partial charge is 0.00362 e. The lowest BCUT2D eigenvalue weighted by molar-refractivity contribution is 0.457. The van der Waals surface area contributed by atoms with E-state index >= 15 is 0 Å². The fourth-order valence-electron chi connectivity index (χ4n) is 2.31. The Hall–Kier alpha value is -0.0400. The minimum Gasteiger partial charge on any atom is -0.314 e. The SMILES string of the molecule is CCC(C)NCC1C(C)(C)C1(C)C. The van der Waals surface area contributed by atoms with E-state index in [0.717, 1.165) is 5.92 Å². The van der Waals surface area contributed by atoms with Gasteiger partial charge in [0.05, 0.1) is 0 Å². The topological polar surface area (TPSA) is 12.0 Å². The largest absolute Gasteiger partial charge is 0.314 e. The molecular formula is C12H25N. The van der Waals surface area contributed by atoms with Gasteiger partial charge in [0.2, 0.25) is 0 Å². The lowest BCUT2D eigenvalue weighted by Crippen LogP contribution is -2.28. The second kappa shape index (κ2) is 3.27. The van der Waals surface area contributed by atoms with E-state index < -0.39 is 0 Å². The molecule has 1 nitrogen and oxygen atoms in total. The standard InChI is InChI=1S/C12H25N/c1-7-9(2)13-8-10-11(3,4)12(10,5)6/h9-10,13H,7-8H2,1-6H3. The van der Waals surface area contributed by atoms with Gasteiger partial charge in [0.25, 0.3) is 0 Å². The minimum absolute atomic E-state index is 0.535. The number of hydrogen-bond donors (Lipinski definition) is 1. The van der Waals surface area contributed by atoms with Gasteiger partial charge < -0.3 is 5.32 Å². The van der Waals surface area contributed by atoms with Gasteiger partial charge in [-0.1, -0.05) is 34.6 Å². The first-order chi connectivity index (χ1) is 5.84. The third kappa shape index (κ3) is 1.76. The molecule has 78 valence electrons. The maximum absolute atomic E-state index is 3.61. The average molecular weight is 183 g/mol. The Balaban J connectivity index is 2.34. The zero-order valence-electron chi connectivity index (χ0n) is 10.1. The normalized spacial score (nSPS) is 27.2. The van der Waals surface area contributed by atoms with Crippen LogP contribution in [0.3, 0.4) is 0 Å². The fourth-order valence-corrected chi connectivity index (χ4v) is 2.31. The Morgan fingerprint density at radius 3 is 1.92 bits per heavy atom. The molecule has 0 aliphatic heterocycles. The van der Waals surface area contributed by atoms with Crippen LogP contribution in [0.4, 0.5) is 0 Å². The monoisotopic (exact) mass is 183 g/mol. The molecule has 0 spiro atoms. The molecule has 1 rings (SSSR count). The molecule has 0 aromatic heterocycles. The van der Waals surface area contributed by atoms with E-state index in [2.05, 4.69) is 46.9 Å². The highest BCUT2D eigenvalue weighted by Crippen LogP contribution is 2.67. The van der Waals surface area contributed by atoms with Crippen molar-refractivity contribution in [3.8, 4) is 0 Å². The molecule has 1 heteroatoms. The molecule has 1 unspecified atom stereocenters. The van der Waals surface area contributed by atoms with Gasteiger partial charge in [0.1, 0.15) is 0 Å². The second-order valence-electron chi connectivity index (χ2n) is 5.71. The summed E-state index contributed by atoms with van der Waals surface area (Å²) in [5.74, 6) is 0.856. The van der Waals surface area contributed by atoms with Crippen molar-refractivity contribution in [2.24, 2.45) is 16.7 Å². The van der Waals surface area contributed by atoms with Crippen LogP contribution >= 0.6 is 0 Å². The summed E-state index contributed by atoms with van der Waals surface area (Å²) in [6.45, 7) is 15.2. The molecule has 0 heterocycles. The summed E-state index contributed by atoms with van der Waals surface area (Å²) in [5.41, 5.74) is 1.07. The molecule has 1 fully saturated rings. The van der Waals surface area contributed by atoms with Crippen LogP contribution in [0.15, 0.2) is 0 Å². The highest BCUT2D eigenvalue weighted by molar-refractivity contribution is 5.12. The van der Waals surface area contributed by atoms with Gasteiger partial charge in [0.15, 0.2) is 0 Å². The Kier molecular flexibility index (Phi) is 2.78. The molecule has 1 saturated carbocycles. The van der Waals surface area contributed by atoms with Crippen molar-refractivity contribution in [2.45, 2.75) is 54.0 Å².